The van der Waals surface area contributed by atoms with Gasteiger partial charge in [0.15, 0.2) is 0 Å². The number of hydrogen-bond donors (Lipinski definition) is 1. The van der Waals surface area contributed by atoms with Gasteiger partial charge in [-0.3, -0.25) is 0 Å². The Hall–Kier alpha value is -1.42. The SMILES string of the molecule is Cc1ccsc1-c1ccnc(NC2CC2)n1. The first kappa shape index (κ1) is 9.78. The van der Waals surface area contributed by atoms with Crippen LogP contribution in [0.4, 0.5) is 5.95 Å². The molecule has 2 aromatic heterocycles. The summed E-state index contributed by atoms with van der Waals surface area (Å²) in [6.07, 6.45) is 4.31. The second-order valence-electron chi connectivity index (χ2n) is 4.12. The van der Waals surface area contributed by atoms with Gasteiger partial charge in [0.1, 0.15) is 0 Å². The standard InChI is InChI=1S/C12H13N3S/c1-8-5-7-16-11(8)10-4-6-13-12(15-10)14-9-2-3-9/h4-7,9H,2-3H2,1H3,(H,13,14,15). The van der Waals surface area contributed by atoms with Crippen molar-refractivity contribution in [3.8, 4) is 10.6 Å². The van der Waals surface area contributed by atoms with E-state index in [0.29, 0.717) is 6.04 Å². The normalized spacial score (nSPS) is 15.1. The van der Waals surface area contributed by atoms with E-state index in [-0.39, 0.29) is 0 Å². The summed E-state index contributed by atoms with van der Waals surface area (Å²) in [7, 11) is 0. The van der Waals surface area contributed by atoms with Gasteiger partial charge in [-0.2, -0.15) is 0 Å². The molecule has 0 saturated heterocycles. The average Bonchev–Trinajstić information content (AvgIpc) is 2.99. The van der Waals surface area contributed by atoms with Gasteiger partial charge in [0.25, 0.3) is 0 Å². The number of aryl methyl sites for hydroxylation is 1. The van der Waals surface area contributed by atoms with Crippen LogP contribution in [0.25, 0.3) is 10.6 Å². The van der Waals surface area contributed by atoms with E-state index in [0.717, 1.165) is 11.6 Å². The van der Waals surface area contributed by atoms with Gasteiger partial charge in [-0.05, 0) is 42.8 Å². The summed E-state index contributed by atoms with van der Waals surface area (Å²) >= 11 is 1.73. The van der Waals surface area contributed by atoms with Crippen molar-refractivity contribution in [2.24, 2.45) is 0 Å². The number of hydrogen-bond acceptors (Lipinski definition) is 4. The summed E-state index contributed by atoms with van der Waals surface area (Å²) in [5.74, 6) is 0.757. The Morgan fingerprint density at radius 2 is 2.25 bits per heavy atom. The van der Waals surface area contributed by atoms with Crippen molar-refractivity contribution in [3.05, 3.63) is 29.3 Å². The van der Waals surface area contributed by atoms with E-state index >= 15 is 0 Å². The predicted octanol–water partition coefficient (Wildman–Crippen LogP) is 3.09. The lowest BCUT2D eigenvalue weighted by Crippen LogP contribution is -2.05. The number of anilines is 1. The quantitative estimate of drug-likeness (QED) is 0.882. The highest BCUT2D eigenvalue weighted by atomic mass is 32.1. The fraction of sp³-hybridized carbons (Fsp3) is 0.333. The van der Waals surface area contributed by atoms with E-state index < -0.39 is 0 Å². The Bertz CT molecular complexity index is 502. The van der Waals surface area contributed by atoms with Crippen LogP contribution < -0.4 is 5.32 Å². The number of nitrogens with one attached hydrogen (secondary N) is 1. The second-order valence-corrected chi connectivity index (χ2v) is 5.03. The van der Waals surface area contributed by atoms with Crippen molar-refractivity contribution >= 4 is 17.3 Å². The van der Waals surface area contributed by atoms with Crippen LogP contribution in [0.15, 0.2) is 23.7 Å². The summed E-state index contributed by atoms with van der Waals surface area (Å²) in [4.78, 5) is 10.0. The van der Waals surface area contributed by atoms with Crippen LogP contribution in [0.5, 0.6) is 0 Å². The zero-order valence-electron chi connectivity index (χ0n) is 9.10. The molecule has 0 radical (unpaired) electrons. The highest BCUT2D eigenvalue weighted by Gasteiger charge is 2.22. The lowest BCUT2D eigenvalue weighted by atomic mass is 10.2. The number of thiophene rings is 1. The van der Waals surface area contributed by atoms with Crippen molar-refractivity contribution in [1.29, 1.82) is 0 Å². The number of rotatable bonds is 3. The van der Waals surface area contributed by atoms with Crippen molar-refractivity contribution in [2.75, 3.05) is 5.32 Å². The van der Waals surface area contributed by atoms with E-state index in [1.54, 1.807) is 11.3 Å². The molecule has 0 atom stereocenters. The van der Waals surface area contributed by atoms with Gasteiger partial charge < -0.3 is 5.32 Å². The third-order valence-electron chi connectivity index (χ3n) is 2.66. The molecule has 0 amide bonds. The molecular formula is C12H13N3S. The maximum absolute atomic E-state index is 4.54. The molecule has 4 heteroatoms. The Morgan fingerprint density at radius 3 is 2.94 bits per heavy atom. The molecule has 3 rings (SSSR count). The summed E-state index contributed by atoms with van der Waals surface area (Å²) in [6, 6.07) is 4.69. The molecule has 1 aliphatic rings. The van der Waals surface area contributed by atoms with E-state index in [1.165, 1.54) is 23.3 Å². The van der Waals surface area contributed by atoms with Crippen LogP contribution in [0.3, 0.4) is 0 Å². The molecule has 0 unspecified atom stereocenters. The molecule has 0 bridgehead atoms. The van der Waals surface area contributed by atoms with Crippen molar-refractivity contribution in [1.82, 2.24) is 9.97 Å². The molecule has 0 aromatic carbocycles. The Morgan fingerprint density at radius 1 is 1.38 bits per heavy atom. The molecule has 1 saturated carbocycles. The lowest BCUT2D eigenvalue weighted by molar-refractivity contribution is 1.06. The largest absolute Gasteiger partial charge is 0.351 e. The van der Waals surface area contributed by atoms with Gasteiger partial charge in [-0.25, -0.2) is 9.97 Å². The topological polar surface area (TPSA) is 37.8 Å². The molecule has 1 aliphatic carbocycles. The summed E-state index contributed by atoms with van der Waals surface area (Å²) in [5, 5.41) is 5.42. The smallest absolute Gasteiger partial charge is 0.223 e. The van der Waals surface area contributed by atoms with Crippen LogP contribution in [0.1, 0.15) is 18.4 Å². The van der Waals surface area contributed by atoms with E-state index in [1.807, 2.05) is 12.3 Å². The fourth-order valence-corrected chi connectivity index (χ4v) is 2.50. The molecular weight excluding hydrogens is 218 g/mol. The monoisotopic (exact) mass is 231 g/mol. The fourth-order valence-electron chi connectivity index (χ4n) is 1.60. The van der Waals surface area contributed by atoms with E-state index in [4.69, 9.17) is 0 Å². The van der Waals surface area contributed by atoms with Gasteiger partial charge in [-0.1, -0.05) is 0 Å². The minimum absolute atomic E-state index is 0.597. The van der Waals surface area contributed by atoms with Gasteiger partial charge in [0, 0.05) is 12.2 Å². The minimum Gasteiger partial charge on any atom is -0.351 e. The van der Waals surface area contributed by atoms with Crippen molar-refractivity contribution < 1.29 is 0 Å². The van der Waals surface area contributed by atoms with Crippen LogP contribution in [-0.4, -0.2) is 16.0 Å². The Kier molecular flexibility index (Phi) is 2.36. The van der Waals surface area contributed by atoms with Crippen LogP contribution >= 0.6 is 11.3 Å². The van der Waals surface area contributed by atoms with Crippen LogP contribution in [0.2, 0.25) is 0 Å². The minimum atomic E-state index is 0.597. The molecule has 2 heterocycles. The highest BCUT2D eigenvalue weighted by Crippen LogP contribution is 2.28. The summed E-state index contributed by atoms with van der Waals surface area (Å²) in [6.45, 7) is 2.11. The zero-order chi connectivity index (χ0) is 11.0. The first-order chi connectivity index (χ1) is 7.83. The molecule has 0 aliphatic heterocycles. The predicted molar refractivity (Wildman–Crippen MR) is 66.7 cm³/mol. The Labute approximate surface area is 98.6 Å². The van der Waals surface area contributed by atoms with Gasteiger partial charge in [0.05, 0.1) is 10.6 Å². The highest BCUT2D eigenvalue weighted by molar-refractivity contribution is 7.13. The van der Waals surface area contributed by atoms with E-state index in [9.17, 15) is 0 Å². The van der Waals surface area contributed by atoms with E-state index in [2.05, 4.69) is 33.7 Å². The molecule has 3 nitrogen and oxygen atoms in total. The summed E-state index contributed by atoms with van der Waals surface area (Å²) in [5.41, 5.74) is 2.30. The first-order valence-electron chi connectivity index (χ1n) is 5.47. The van der Waals surface area contributed by atoms with Crippen molar-refractivity contribution in [2.45, 2.75) is 25.8 Å². The van der Waals surface area contributed by atoms with Crippen LogP contribution in [-0.2, 0) is 0 Å². The maximum atomic E-state index is 4.54. The van der Waals surface area contributed by atoms with Gasteiger partial charge >= 0.3 is 0 Å². The Balaban J connectivity index is 1.92. The summed E-state index contributed by atoms with van der Waals surface area (Å²) < 4.78 is 0. The van der Waals surface area contributed by atoms with Crippen LogP contribution in [0, 0.1) is 6.92 Å². The molecule has 16 heavy (non-hydrogen) atoms. The number of nitrogens with zero attached hydrogens (tertiary/aromatic N) is 2. The third kappa shape index (κ3) is 1.93. The number of aromatic nitrogens is 2. The lowest BCUT2D eigenvalue weighted by Gasteiger charge is -2.04. The average molecular weight is 231 g/mol. The van der Waals surface area contributed by atoms with Gasteiger partial charge in [0.2, 0.25) is 5.95 Å². The molecule has 1 N–H and O–H groups in total. The first-order valence-corrected chi connectivity index (χ1v) is 6.35. The molecule has 1 fully saturated rings. The van der Waals surface area contributed by atoms with Gasteiger partial charge in [-0.15, -0.1) is 11.3 Å². The molecule has 82 valence electrons. The zero-order valence-corrected chi connectivity index (χ0v) is 9.92. The second kappa shape index (κ2) is 3.87. The molecule has 2 aromatic rings. The van der Waals surface area contributed by atoms with Crippen molar-refractivity contribution in [3.63, 3.8) is 0 Å². The third-order valence-corrected chi connectivity index (χ3v) is 3.70. The molecule has 0 spiro atoms. The maximum Gasteiger partial charge on any atom is 0.223 e.